The smallest absolute Gasteiger partial charge is 0.339 e. The van der Waals surface area contributed by atoms with E-state index < -0.39 is 29.2 Å². The number of pyridine rings is 1. The molecule has 4 aliphatic rings. The third-order valence-corrected chi connectivity index (χ3v) is 8.89. The number of methoxy groups -OCH3 is 2. The van der Waals surface area contributed by atoms with Crippen LogP contribution in [0.5, 0.6) is 5.75 Å². The zero-order chi connectivity index (χ0) is 27.8. The Balaban J connectivity index is 1.57. The lowest BCUT2D eigenvalue weighted by Gasteiger charge is -2.51. The fourth-order valence-electron chi connectivity index (χ4n) is 6.86. The van der Waals surface area contributed by atoms with E-state index in [2.05, 4.69) is 22.5 Å². The van der Waals surface area contributed by atoms with Gasteiger partial charge in [0.05, 0.1) is 37.8 Å². The van der Waals surface area contributed by atoms with Crippen LogP contribution in [-0.2, 0) is 23.8 Å². The lowest BCUT2D eigenvalue weighted by atomic mass is 9.73. The second-order valence-electron chi connectivity index (χ2n) is 11.8. The van der Waals surface area contributed by atoms with E-state index >= 15 is 0 Å². The summed E-state index contributed by atoms with van der Waals surface area (Å²) in [5.74, 6) is 0.610. The van der Waals surface area contributed by atoms with Gasteiger partial charge in [0.2, 0.25) is 0 Å². The first-order valence-electron chi connectivity index (χ1n) is 14.0. The molecule has 210 valence electrons. The van der Waals surface area contributed by atoms with Crippen LogP contribution in [0.4, 0.5) is 0 Å². The molecular formula is C31H40N2O6. The summed E-state index contributed by atoms with van der Waals surface area (Å²) < 4.78 is 23.5. The minimum Gasteiger partial charge on any atom is -0.497 e. The molecule has 0 aliphatic carbocycles. The molecule has 0 saturated carbocycles. The Morgan fingerprint density at radius 2 is 2.08 bits per heavy atom. The molecule has 4 aliphatic heterocycles. The summed E-state index contributed by atoms with van der Waals surface area (Å²) in [6, 6.07) is 7.67. The van der Waals surface area contributed by atoms with Crippen molar-refractivity contribution in [2.45, 2.75) is 75.7 Å². The van der Waals surface area contributed by atoms with Crippen molar-refractivity contribution in [2.75, 3.05) is 27.3 Å². The number of benzene rings is 1. The van der Waals surface area contributed by atoms with E-state index in [0.717, 1.165) is 55.2 Å². The summed E-state index contributed by atoms with van der Waals surface area (Å²) in [5, 5.41) is 0.879. The molecule has 5 heterocycles. The number of hydrogen-bond acceptors (Lipinski definition) is 8. The van der Waals surface area contributed by atoms with Crippen molar-refractivity contribution < 1.29 is 28.5 Å². The Hall–Kier alpha value is -2.97. The standard InChI is InChI=1S/C31H40N2O6/c1-6-20-19-33-15-11-21(20)16-26(33)28(23-10-14-32-25-9-8-22(36-4)17-24(23)25)38-29(35)31(18-27(34)37-5)13-7-12-30(2,3)39-31/h6,8-10,14,17,20-21,26,28H,1,7,11-13,15-16,18-19H2,2-5H3/t20-,21+,26+,28-,31?/m1/s1. The van der Waals surface area contributed by atoms with Gasteiger partial charge in [-0.25, -0.2) is 4.79 Å². The maximum atomic E-state index is 14.2. The first kappa shape index (κ1) is 27.6. The normalized spacial score (nSPS) is 30.4. The highest BCUT2D eigenvalue weighted by Crippen LogP contribution is 2.46. The SMILES string of the molecule is C=C[C@@H]1CN2CC[C@H]1C[C@H]2[C@H](OC(=O)C1(CC(=O)OC)CCCC(C)(C)O1)c1ccnc2ccc(OC)cc12. The first-order chi connectivity index (χ1) is 18.7. The molecule has 2 aromatic rings. The summed E-state index contributed by atoms with van der Waals surface area (Å²) in [7, 11) is 2.96. The Labute approximate surface area is 230 Å². The largest absolute Gasteiger partial charge is 0.497 e. The molecule has 4 fully saturated rings. The van der Waals surface area contributed by atoms with Gasteiger partial charge in [-0.15, -0.1) is 6.58 Å². The van der Waals surface area contributed by atoms with Crippen LogP contribution in [0.15, 0.2) is 43.1 Å². The molecule has 2 unspecified atom stereocenters. The minimum atomic E-state index is -1.40. The number of carbonyl (C=O) groups is 2. The monoisotopic (exact) mass is 536 g/mol. The van der Waals surface area contributed by atoms with E-state index in [-0.39, 0.29) is 12.5 Å². The van der Waals surface area contributed by atoms with Gasteiger partial charge < -0.3 is 18.9 Å². The lowest BCUT2D eigenvalue weighted by Crippen LogP contribution is -2.57. The van der Waals surface area contributed by atoms with Gasteiger partial charge in [-0.2, -0.15) is 0 Å². The Kier molecular flexibility index (Phi) is 7.71. The quantitative estimate of drug-likeness (QED) is 0.344. The lowest BCUT2D eigenvalue weighted by molar-refractivity contribution is -0.219. The Morgan fingerprint density at radius 1 is 1.26 bits per heavy atom. The molecular weight excluding hydrogens is 496 g/mol. The zero-order valence-corrected chi connectivity index (χ0v) is 23.5. The summed E-state index contributed by atoms with van der Waals surface area (Å²) in [6.45, 7) is 9.79. The number of nitrogens with zero attached hydrogens (tertiary/aromatic N) is 2. The zero-order valence-electron chi connectivity index (χ0n) is 23.5. The van der Waals surface area contributed by atoms with Gasteiger partial charge in [0.1, 0.15) is 11.9 Å². The molecule has 0 spiro atoms. The van der Waals surface area contributed by atoms with Gasteiger partial charge in [-0.1, -0.05) is 6.08 Å². The van der Waals surface area contributed by atoms with Gasteiger partial charge in [0, 0.05) is 23.7 Å². The van der Waals surface area contributed by atoms with Crippen molar-refractivity contribution >= 4 is 22.8 Å². The summed E-state index contributed by atoms with van der Waals surface area (Å²) in [5.41, 5.74) is -0.292. The molecule has 6 rings (SSSR count). The van der Waals surface area contributed by atoms with Crippen LogP contribution < -0.4 is 4.74 Å². The van der Waals surface area contributed by atoms with Gasteiger partial charge in [-0.05, 0) is 88.6 Å². The predicted molar refractivity (Wildman–Crippen MR) is 147 cm³/mol. The van der Waals surface area contributed by atoms with E-state index in [0.29, 0.717) is 24.0 Å². The molecule has 4 saturated heterocycles. The van der Waals surface area contributed by atoms with Crippen LogP contribution in [0.25, 0.3) is 10.9 Å². The third kappa shape index (κ3) is 5.41. The Bertz CT molecular complexity index is 1240. The van der Waals surface area contributed by atoms with Crippen molar-refractivity contribution in [1.82, 2.24) is 9.88 Å². The third-order valence-electron chi connectivity index (χ3n) is 8.89. The van der Waals surface area contributed by atoms with Crippen LogP contribution in [0.1, 0.15) is 64.0 Å². The van der Waals surface area contributed by atoms with Gasteiger partial charge in [0.15, 0.2) is 5.60 Å². The van der Waals surface area contributed by atoms with Crippen LogP contribution in [0, 0.1) is 11.8 Å². The van der Waals surface area contributed by atoms with Gasteiger partial charge in [0.25, 0.3) is 0 Å². The fourth-order valence-corrected chi connectivity index (χ4v) is 6.86. The van der Waals surface area contributed by atoms with Crippen LogP contribution in [-0.4, -0.2) is 66.4 Å². The van der Waals surface area contributed by atoms with Crippen molar-refractivity contribution in [3.05, 3.63) is 48.7 Å². The summed E-state index contributed by atoms with van der Waals surface area (Å²) >= 11 is 0. The second-order valence-corrected chi connectivity index (χ2v) is 11.8. The number of ether oxygens (including phenoxy) is 4. The van der Waals surface area contributed by atoms with E-state index in [1.165, 1.54) is 7.11 Å². The highest BCUT2D eigenvalue weighted by molar-refractivity contribution is 5.87. The number of fused-ring (bicyclic) bond motifs is 4. The topological polar surface area (TPSA) is 87.2 Å². The summed E-state index contributed by atoms with van der Waals surface area (Å²) in [6.07, 6.45) is 6.99. The number of hydrogen-bond donors (Lipinski definition) is 0. The van der Waals surface area contributed by atoms with E-state index in [1.54, 1.807) is 13.3 Å². The van der Waals surface area contributed by atoms with Crippen molar-refractivity contribution in [3.8, 4) is 5.75 Å². The molecule has 1 aromatic carbocycles. The average molecular weight is 537 g/mol. The van der Waals surface area contributed by atoms with Gasteiger partial charge in [-0.3, -0.25) is 14.7 Å². The van der Waals surface area contributed by atoms with Crippen LogP contribution >= 0.6 is 0 Å². The van der Waals surface area contributed by atoms with Crippen LogP contribution in [0.2, 0.25) is 0 Å². The number of rotatable bonds is 8. The van der Waals surface area contributed by atoms with E-state index in [9.17, 15) is 9.59 Å². The molecule has 8 heteroatoms. The van der Waals surface area contributed by atoms with Crippen molar-refractivity contribution in [3.63, 3.8) is 0 Å². The summed E-state index contributed by atoms with van der Waals surface area (Å²) in [4.78, 5) is 33.8. The maximum Gasteiger partial charge on any atom is 0.339 e. The molecule has 0 N–H and O–H groups in total. The molecule has 39 heavy (non-hydrogen) atoms. The average Bonchev–Trinajstić information content (AvgIpc) is 2.94. The Morgan fingerprint density at radius 3 is 2.74 bits per heavy atom. The molecule has 2 bridgehead atoms. The van der Waals surface area contributed by atoms with Crippen LogP contribution in [0.3, 0.4) is 0 Å². The number of piperidine rings is 3. The highest BCUT2D eigenvalue weighted by Gasteiger charge is 2.52. The first-order valence-corrected chi connectivity index (χ1v) is 14.0. The molecule has 1 aromatic heterocycles. The molecule has 0 radical (unpaired) electrons. The number of esters is 2. The van der Waals surface area contributed by atoms with Crippen molar-refractivity contribution in [2.24, 2.45) is 11.8 Å². The van der Waals surface area contributed by atoms with Crippen molar-refractivity contribution in [1.29, 1.82) is 0 Å². The second kappa shape index (κ2) is 10.9. The molecule has 0 amide bonds. The fraction of sp³-hybridized carbons (Fsp3) is 0.581. The minimum absolute atomic E-state index is 0.0209. The number of carbonyl (C=O) groups excluding carboxylic acids is 2. The highest BCUT2D eigenvalue weighted by atomic mass is 16.6. The van der Waals surface area contributed by atoms with E-state index in [1.807, 2.05) is 38.1 Å². The predicted octanol–water partition coefficient (Wildman–Crippen LogP) is 5.01. The van der Waals surface area contributed by atoms with E-state index in [4.69, 9.17) is 18.9 Å². The molecule has 8 nitrogen and oxygen atoms in total. The van der Waals surface area contributed by atoms with Gasteiger partial charge >= 0.3 is 11.9 Å². The molecule has 6 atom stereocenters. The number of aromatic nitrogens is 1. The maximum absolute atomic E-state index is 14.2.